The molecule has 0 radical (unpaired) electrons. The van der Waals surface area contributed by atoms with Crippen LogP contribution in [-0.4, -0.2) is 19.5 Å². The Labute approximate surface area is 183 Å². The minimum Gasteiger partial charge on any atom is -0.497 e. The Bertz CT molecular complexity index is 1370. The Morgan fingerprint density at radius 1 is 0.871 bits per heavy atom. The van der Waals surface area contributed by atoms with Gasteiger partial charge in [0, 0.05) is 17.0 Å². The smallest absolute Gasteiger partial charge is 0.268 e. The van der Waals surface area contributed by atoms with Gasteiger partial charge in [0.2, 0.25) is 0 Å². The summed E-state index contributed by atoms with van der Waals surface area (Å²) in [5.74, 6) is 1.30. The highest BCUT2D eigenvalue weighted by Crippen LogP contribution is 2.57. The topological polar surface area (TPSA) is 48.3 Å². The van der Waals surface area contributed by atoms with Crippen molar-refractivity contribution in [2.45, 2.75) is 37.0 Å². The first-order valence-corrected chi connectivity index (χ1v) is 11.9. The fourth-order valence-electron chi connectivity index (χ4n) is 4.61. The van der Waals surface area contributed by atoms with Crippen LogP contribution < -0.4 is 4.74 Å². The van der Waals surface area contributed by atoms with Crippen LogP contribution in [0.25, 0.3) is 10.9 Å². The van der Waals surface area contributed by atoms with Crippen LogP contribution in [0.4, 0.5) is 0 Å². The van der Waals surface area contributed by atoms with E-state index < -0.39 is 10.0 Å². The summed E-state index contributed by atoms with van der Waals surface area (Å²) in [6.07, 6.45) is 0.937. The number of hydrogen-bond acceptors (Lipinski definition) is 3. The van der Waals surface area contributed by atoms with Crippen molar-refractivity contribution in [1.82, 2.24) is 3.97 Å². The van der Waals surface area contributed by atoms with Crippen molar-refractivity contribution in [3.05, 3.63) is 95.2 Å². The molecule has 31 heavy (non-hydrogen) atoms. The molecule has 1 aromatic heterocycles. The average molecular weight is 432 g/mol. The van der Waals surface area contributed by atoms with Crippen molar-refractivity contribution in [2.75, 3.05) is 7.11 Å². The number of para-hydroxylation sites is 1. The zero-order chi connectivity index (χ0) is 21.8. The summed E-state index contributed by atoms with van der Waals surface area (Å²) in [7, 11) is -2.06. The Morgan fingerprint density at radius 3 is 2.23 bits per heavy atom. The second-order valence-electron chi connectivity index (χ2n) is 8.33. The van der Waals surface area contributed by atoms with Crippen molar-refractivity contribution in [1.29, 1.82) is 0 Å². The number of aromatic nitrogens is 1. The van der Waals surface area contributed by atoms with Crippen LogP contribution in [0.1, 0.15) is 40.6 Å². The molecule has 2 atom stereocenters. The number of ether oxygens (including phenoxy) is 1. The van der Waals surface area contributed by atoms with E-state index in [1.54, 1.807) is 23.2 Å². The third kappa shape index (κ3) is 3.24. The lowest BCUT2D eigenvalue weighted by Gasteiger charge is -2.13. The predicted molar refractivity (Wildman–Crippen MR) is 124 cm³/mol. The molecule has 1 aliphatic rings. The number of rotatable bonds is 5. The molecule has 1 fully saturated rings. The Balaban J connectivity index is 1.65. The van der Waals surface area contributed by atoms with Gasteiger partial charge in [0.15, 0.2) is 0 Å². The maximum atomic E-state index is 13.8. The zero-order valence-corrected chi connectivity index (χ0v) is 18.7. The summed E-state index contributed by atoms with van der Waals surface area (Å²) in [6, 6.07) is 23.0. The minimum atomic E-state index is -3.72. The van der Waals surface area contributed by atoms with Gasteiger partial charge in [-0.3, -0.25) is 0 Å². The molecule has 0 aliphatic heterocycles. The van der Waals surface area contributed by atoms with Gasteiger partial charge in [0.25, 0.3) is 10.0 Å². The molecule has 0 spiro atoms. The number of nitrogens with zero attached hydrogens (tertiary/aromatic N) is 1. The van der Waals surface area contributed by atoms with E-state index in [-0.39, 0.29) is 5.92 Å². The molecule has 0 saturated heterocycles. The molecule has 4 aromatic rings. The number of fused-ring (bicyclic) bond motifs is 1. The van der Waals surface area contributed by atoms with Crippen LogP contribution in [0.5, 0.6) is 5.75 Å². The lowest BCUT2D eigenvalue weighted by atomic mass is 10.1. The van der Waals surface area contributed by atoms with E-state index in [0.717, 1.165) is 39.9 Å². The highest BCUT2D eigenvalue weighted by atomic mass is 32.2. The summed E-state index contributed by atoms with van der Waals surface area (Å²) in [6.45, 7) is 4.00. The summed E-state index contributed by atoms with van der Waals surface area (Å²) in [5, 5.41) is 0.994. The van der Waals surface area contributed by atoms with E-state index in [1.165, 1.54) is 5.56 Å². The second kappa shape index (κ2) is 7.27. The van der Waals surface area contributed by atoms with Crippen LogP contribution in [-0.2, 0) is 10.0 Å². The van der Waals surface area contributed by atoms with E-state index in [0.29, 0.717) is 10.8 Å². The first-order chi connectivity index (χ1) is 14.9. The van der Waals surface area contributed by atoms with Crippen LogP contribution in [0, 0.1) is 13.8 Å². The molecule has 5 rings (SSSR count). The quantitative estimate of drug-likeness (QED) is 0.403. The normalized spacial score (nSPS) is 18.3. The third-order valence-electron chi connectivity index (χ3n) is 6.37. The van der Waals surface area contributed by atoms with Gasteiger partial charge in [-0.15, -0.1) is 0 Å². The van der Waals surface area contributed by atoms with Crippen molar-refractivity contribution in [3.8, 4) is 5.75 Å². The highest BCUT2D eigenvalue weighted by molar-refractivity contribution is 7.90. The fourth-order valence-corrected chi connectivity index (χ4v) is 6.25. The highest BCUT2D eigenvalue weighted by Gasteiger charge is 2.44. The van der Waals surface area contributed by atoms with E-state index >= 15 is 0 Å². The zero-order valence-electron chi connectivity index (χ0n) is 17.9. The summed E-state index contributed by atoms with van der Waals surface area (Å²) < 4.78 is 34.5. The maximum absolute atomic E-state index is 13.8. The summed E-state index contributed by atoms with van der Waals surface area (Å²) in [5.41, 5.74) is 4.95. The average Bonchev–Trinajstić information content (AvgIpc) is 3.51. The molecule has 4 nitrogen and oxygen atoms in total. The Kier molecular flexibility index (Phi) is 4.67. The number of aryl methyl sites for hydroxylation is 2. The maximum Gasteiger partial charge on any atom is 0.268 e. The largest absolute Gasteiger partial charge is 0.497 e. The van der Waals surface area contributed by atoms with Gasteiger partial charge in [-0.05, 0) is 67.6 Å². The number of benzene rings is 3. The summed E-state index contributed by atoms with van der Waals surface area (Å²) >= 11 is 0. The Morgan fingerprint density at radius 2 is 1.55 bits per heavy atom. The van der Waals surface area contributed by atoms with Gasteiger partial charge in [0.05, 0.1) is 17.5 Å². The first kappa shape index (κ1) is 19.9. The first-order valence-electron chi connectivity index (χ1n) is 10.5. The third-order valence-corrected chi connectivity index (χ3v) is 8.12. The molecule has 1 aliphatic carbocycles. The lowest BCUT2D eigenvalue weighted by molar-refractivity contribution is 0.414. The van der Waals surface area contributed by atoms with Crippen LogP contribution in [0.3, 0.4) is 0 Å². The molecule has 1 saturated carbocycles. The van der Waals surface area contributed by atoms with Gasteiger partial charge < -0.3 is 4.74 Å². The standard InChI is InChI=1S/C26H25NO3S/c1-17-8-14-21(15-9-17)31(28,29)27-25-7-5-4-6-22(25)18(2)26(27)24-16-23(24)19-10-12-20(30-3)13-11-19/h4-15,23-24H,16H2,1-3H3/t23-,24-/m0/s1. The van der Waals surface area contributed by atoms with E-state index in [1.807, 2.05) is 62.4 Å². The monoisotopic (exact) mass is 431 g/mol. The van der Waals surface area contributed by atoms with Crippen molar-refractivity contribution < 1.29 is 13.2 Å². The second-order valence-corrected chi connectivity index (χ2v) is 10.1. The van der Waals surface area contributed by atoms with Gasteiger partial charge >= 0.3 is 0 Å². The fraction of sp³-hybridized carbons (Fsp3) is 0.231. The molecule has 0 unspecified atom stereocenters. The molecule has 1 heterocycles. The number of hydrogen-bond donors (Lipinski definition) is 0. The van der Waals surface area contributed by atoms with E-state index in [4.69, 9.17) is 4.74 Å². The van der Waals surface area contributed by atoms with Gasteiger partial charge in [-0.2, -0.15) is 0 Å². The van der Waals surface area contributed by atoms with E-state index in [9.17, 15) is 8.42 Å². The van der Waals surface area contributed by atoms with Crippen molar-refractivity contribution in [2.24, 2.45) is 0 Å². The molecule has 3 aromatic carbocycles. The number of methoxy groups -OCH3 is 1. The summed E-state index contributed by atoms with van der Waals surface area (Å²) in [4.78, 5) is 0.321. The predicted octanol–water partition coefficient (Wildman–Crippen LogP) is 5.77. The molecule has 0 bridgehead atoms. The molecular formula is C26H25NO3S. The van der Waals surface area contributed by atoms with Gasteiger partial charge in [0.1, 0.15) is 5.75 Å². The van der Waals surface area contributed by atoms with Gasteiger partial charge in [-0.25, -0.2) is 12.4 Å². The SMILES string of the molecule is COc1ccc([C@@H]2C[C@@H]2c2c(C)c3ccccc3n2S(=O)(=O)c2ccc(C)cc2)cc1. The molecular weight excluding hydrogens is 406 g/mol. The van der Waals surface area contributed by atoms with Crippen molar-refractivity contribution >= 4 is 20.9 Å². The van der Waals surface area contributed by atoms with Crippen LogP contribution in [0.2, 0.25) is 0 Å². The lowest BCUT2D eigenvalue weighted by Crippen LogP contribution is -2.16. The Hall–Kier alpha value is -3.05. The van der Waals surface area contributed by atoms with Crippen LogP contribution in [0.15, 0.2) is 77.7 Å². The minimum absolute atomic E-state index is 0.168. The van der Waals surface area contributed by atoms with Gasteiger partial charge in [-0.1, -0.05) is 48.0 Å². The molecule has 0 N–H and O–H groups in total. The van der Waals surface area contributed by atoms with Crippen LogP contribution >= 0.6 is 0 Å². The van der Waals surface area contributed by atoms with Crippen molar-refractivity contribution in [3.63, 3.8) is 0 Å². The van der Waals surface area contributed by atoms with E-state index in [2.05, 4.69) is 12.1 Å². The molecule has 0 amide bonds. The molecule has 5 heteroatoms. The molecule has 158 valence electrons.